The molecule has 3 rings (SSSR count). The minimum absolute atomic E-state index is 0.134. The van der Waals surface area contributed by atoms with Crippen molar-refractivity contribution in [2.75, 3.05) is 0 Å². The molecule has 1 aliphatic heterocycles. The van der Waals surface area contributed by atoms with Crippen molar-refractivity contribution in [1.29, 1.82) is 0 Å². The number of hydrogen-bond acceptors (Lipinski definition) is 1. The Hall–Kier alpha value is -1.02. The first-order valence-electron chi connectivity index (χ1n) is 7.40. The molecule has 0 spiro atoms. The van der Waals surface area contributed by atoms with E-state index in [4.69, 9.17) is 23.2 Å². The molecule has 110 valence electrons. The molecule has 0 bridgehead atoms. The van der Waals surface area contributed by atoms with E-state index < -0.39 is 0 Å². The lowest BCUT2D eigenvalue weighted by atomic mass is 9.78. The van der Waals surface area contributed by atoms with Gasteiger partial charge in [-0.05, 0) is 36.1 Å². The summed E-state index contributed by atoms with van der Waals surface area (Å²) in [4.78, 5) is 0. The van der Waals surface area contributed by atoms with Crippen LogP contribution in [-0.4, -0.2) is 0 Å². The number of nitrogens with one attached hydrogen (secondary N) is 1. The summed E-state index contributed by atoms with van der Waals surface area (Å²) in [6.45, 7) is 4.40. The number of hydrogen-bond donors (Lipinski definition) is 1. The second-order valence-electron chi connectivity index (χ2n) is 5.60. The fourth-order valence-electron chi connectivity index (χ4n) is 3.70. The Morgan fingerprint density at radius 2 is 1.14 bits per heavy atom. The van der Waals surface area contributed by atoms with Gasteiger partial charge in [0.25, 0.3) is 0 Å². The Bertz CT molecular complexity index is 612. The molecule has 2 aromatic carbocycles. The maximum absolute atomic E-state index is 6.47. The van der Waals surface area contributed by atoms with Crippen LogP contribution in [0, 0.1) is 0 Å². The first-order valence-corrected chi connectivity index (χ1v) is 8.16. The zero-order chi connectivity index (χ0) is 15.1. The Balaban J connectivity index is 2.15. The van der Waals surface area contributed by atoms with E-state index in [9.17, 15) is 0 Å². The van der Waals surface area contributed by atoms with E-state index in [2.05, 4.69) is 31.3 Å². The molecule has 0 aliphatic carbocycles. The van der Waals surface area contributed by atoms with Crippen molar-refractivity contribution in [3.05, 3.63) is 69.7 Å². The summed E-state index contributed by atoms with van der Waals surface area (Å²) in [6, 6.07) is 16.2. The van der Waals surface area contributed by atoms with Gasteiger partial charge in [0.05, 0.1) is 11.1 Å². The third-order valence-corrected chi connectivity index (χ3v) is 5.48. The first-order chi connectivity index (χ1) is 10.1. The van der Waals surface area contributed by atoms with Crippen LogP contribution in [-0.2, 0) is 11.1 Å². The second kappa shape index (κ2) is 5.31. The third kappa shape index (κ3) is 2.03. The molecule has 0 saturated carbocycles. The number of benzene rings is 2. The van der Waals surface area contributed by atoms with E-state index in [0.717, 1.165) is 34.0 Å². The van der Waals surface area contributed by atoms with Gasteiger partial charge in [-0.25, -0.2) is 0 Å². The highest BCUT2D eigenvalue weighted by Gasteiger charge is 2.67. The SMILES string of the molecule is CCC1(c2ccccc2Cl)NC1(CC)c1ccccc1Cl. The molecule has 1 saturated heterocycles. The quantitative estimate of drug-likeness (QED) is 0.737. The van der Waals surface area contributed by atoms with Gasteiger partial charge in [0.1, 0.15) is 0 Å². The molecule has 2 unspecified atom stereocenters. The van der Waals surface area contributed by atoms with Crippen LogP contribution >= 0.6 is 23.2 Å². The summed E-state index contributed by atoms with van der Waals surface area (Å²) in [7, 11) is 0. The van der Waals surface area contributed by atoms with E-state index in [-0.39, 0.29) is 11.1 Å². The van der Waals surface area contributed by atoms with Crippen LogP contribution in [0.2, 0.25) is 10.0 Å². The molecule has 0 radical (unpaired) electrons. The fourth-order valence-corrected chi connectivity index (χ4v) is 4.30. The van der Waals surface area contributed by atoms with Crippen molar-refractivity contribution in [2.24, 2.45) is 0 Å². The lowest BCUT2D eigenvalue weighted by Crippen LogP contribution is -2.22. The van der Waals surface area contributed by atoms with Crippen molar-refractivity contribution in [1.82, 2.24) is 5.32 Å². The van der Waals surface area contributed by atoms with E-state index in [1.54, 1.807) is 0 Å². The molecule has 21 heavy (non-hydrogen) atoms. The van der Waals surface area contributed by atoms with E-state index >= 15 is 0 Å². The molecule has 3 heteroatoms. The van der Waals surface area contributed by atoms with Gasteiger partial charge in [0, 0.05) is 10.0 Å². The zero-order valence-electron chi connectivity index (χ0n) is 12.3. The molecule has 0 aromatic heterocycles. The van der Waals surface area contributed by atoms with Crippen LogP contribution in [0.3, 0.4) is 0 Å². The van der Waals surface area contributed by atoms with Crippen LogP contribution in [0.5, 0.6) is 0 Å². The van der Waals surface area contributed by atoms with E-state index in [0.29, 0.717) is 0 Å². The molecule has 1 nitrogen and oxygen atoms in total. The van der Waals surface area contributed by atoms with Gasteiger partial charge in [0.2, 0.25) is 0 Å². The van der Waals surface area contributed by atoms with Crippen molar-refractivity contribution in [3.8, 4) is 0 Å². The molecule has 2 aromatic rings. The molecule has 0 amide bonds. The standard InChI is InChI=1S/C18H19Cl2N/c1-3-17(13-9-5-7-11-15(13)19)18(4-2,21-17)14-10-6-8-12-16(14)20/h5-12,21H,3-4H2,1-2H3. The summed E-state index contributed by atoms with van der Waals surface area (Å²) in [5.41, 5.74) is 2.06. The van der Waals surface area contributed by atoms with Crippen LogP contribution in [0.1, 0.15) is 37.8 Å². The van der Waals surface area contributed by atoms with E-state index in [1.165, 1.54) is 0 Å². The first kappa shape index (κ1) is 14.9. The maximum atomic E-state index is 6.47. The molecule has 2 atom stereocenters. The summed E-state index contributed by atoms with van der Waals surface area (Å²) in [6.07, 6.45) is 1.94. The second-order valence-corrected chi connectivity index (χ2v) is 6.42. The lowest BCUT2D eigenvalue weighted by molar-refractivity contribution is 0.507. The highest BCUT2D eigenvalue weighted by Crippen LogP contribution is 2.60. The molecule has 1 fully saturated rings. The summed E-state index contributed by atoms with van der Waals surface area (Å²) >= 11 is 12.9. The third-order valence-electron chi connectivity index (χ3n) is 4.82. The van der Waals surface area contributed by atoms with Gasteiger partial charge >= 0.3 is 0 Å². The monoisotopic (exact) mass is 319 g/mol. The fraction of sp³-hybridized carbons (Fsp3) is 0.333. The van der Waals surface area contributed by atoms with Crippen molar-refractivity contribution in [2.45, 2.75) is 37.8 Å². The highest BCUT2D eigenvalue weighted by atomic mass is 35.5. The van der Waals surface area contributed by atoms with Gasteiger partial charge < -0.3 is 0 Å². The van der Waals surface area contributed by atoms with Gasteiger partial charge in [0.15, 0.2) is 0 Å². The largest absolute Gasteiger partial charge is 0.294 e. The van der Waals surface area contributed by atoms with Crippen LogP contribution in [0.25, 0.3) is 0 Å². The molecular formula is C18H19Cl2N. The highest BCUT2D eigenvalue weighted by molar-refractivity contribution is 6.32. The average molecular weight is 320 g/mol. The zero-order valence-corrected chi connectivity index (χ0v) is 13.8. The van der Waals surface area contributed by atoms with Gasteiger partial charge in [-0.1, -0.05) is 73.4 Å². The minimum Gasteiger partial charge on any atom is -0.294 e. The average Bonchev–Trinajstić information content (AvgIpc) is 3.18. The smallest absolute Gasteiger partial charge is 0.0681 e. The predicted octanol–water partition coefficient (Wildman–Crippen LogP) is 5.51. The Morgan fingerprint density at radius 3 is 1.48 bits per heavy atom. The topological polar surface area (TPSA) is 21.9 Å². The molecular weight excluding hydrogens is 301 g/mol. The van der Waals surface area contributed by atoms with Crippen LogP contribution in [0.15, 0.2) is 48.5 Å². The summed E-state index contributed by atoms with van der Waals surface area (Å²) in [5, 5.41) is 5.37. The molecule has 1 aliphatic rings. The van der Waals surface area contributed by atoms with Crippen molar-refractivity contribution < 1.29 is 0 Å². The maximum Gasteiger partial charge on any atom is 0.0681 e. The van der Waals surface area contributed by atoms with Crippen molar-refractivity contribution in [3.63, 3.8) is 0 Å². The molecule has 1 heterocycles. The van der Waals surface area contributed by atoms with Crippen LogP contribution in [0.4, 0.5) is 0 Å². The Labute approximate surface area is 136 Å². The Morgan fingerprint density at radius 1 is 0.762 bits per heavy atom. The summed E-state index contributed by atoms with van der Waals surface area (Å²) in [5.74, 6) is 0. The van der Waals surface area contributed by atoms with Gasteiger partial charge in [-0.2, -0.15) is 0 Å². The number of halogens is 2. The van der Waals surface area contributed by atoms with Crippen LogP contribution < -0.4 is 5.32 Å². The normalized spacial score (nSPS) is 27.6. The Kier molecular flexibility index (Phi) is 3.77. The van der Waals surface area contributed by atoms with Gasteiger partial charge in [-0.3, -0.25) is 5.32 Å². The van der Waals surface area contributed by atoms with E-state index in [1.807, 2.05) is 36.4 Å². The van der Waals surface area contributed by atoms with Crippen molar-refractivity contribution >= 4 is 23.2 Å². The number of rotatable bonds is 4. The minimum atomic E-state index is -0.134. The summed E-state index contributed by atoms with van der Waals surface area (Å²) < 4.78 is 0. The van der Waals surface area contributed by atoms with Gasteiger partial charge in [-0.15, -0.1) is 0 Å². The lowest BCUT2D eigenvalue weighted by Gasteiger charge is -2.23. The predicted molar refractivity (Wildman–Crippen MR) is 90.0 cm³/mol. The molecule has 1 N–H and O–H groups in total.